The second kappa shape index (κ2) is 9.47. The summed E-state index contributed by atoms with van der Waals surface area (Å²) in [4.78, 5) is 18.5. The van der Waals surface area contributed by atoms with Crippen molar-refractivity contribution in [1.82, 2.24) is 9.88 Å². The van der Waals surface area contributed by atoms with Gasteiger partial charge in [0.1, 0.15) is 6.10 Å². The Labute approximate surface area is 127 Å². The highest BCUT2D eigenvalue weighted by Crippen LogP contribution is 2.10. The van der Waals surface area contributed by atoms with Gasteiger partial charge in [0.25, 0.3) is 5.91 Å². The Morgan fingerprint density at radius 2 is 2.05 bits per heavy atom. The topological polar surface area (TPSA) is 51.7 Å². The first-order valence-electron chi connectivity index (χ1n) is 7.46. The lowest BCUT2D eigenvalue weighted by atomic mass is 10.2. The molecular weight excluding hydrogens is 268 g/mol. The minimum atomic E-state index is -0.475. The summed E-state index contributed by atoms with van der Waals surface area (Å²) in [5.74, 6) is -0.0212. The fraction of sp³-hybridized carbons (Fsp3) is 0.625. The lowest BCUT2D eigenvalue weighted by Gasteiger charge is -2.29. The molecule has 1 amide bonds. The first-order valence-corrected chi connectivity index (χ1v) is 7.46. The summed E-state index contributed by atoms with van der Waals surface area (Å²) in [7, 11) is 0. The molecular formula is C16H26N2O3. The molecule has 0 spiro atoms. The van der Waals surface area contributed by atoms with Crippen LogP contribution in [0.1, 0.15) is 33.4 Å². The average Bonchev–Trinajstić information content (AvgIpc) is 2.49. The van der Waals surface area contributed by atoms with Gasteiger partial charge in [0, 0.05) is 18.8 Å². The van der Waals surface area contributed by atoms with Crippen molar-refractivity contribution in [2.45, 2.75) is 46.4 Å². The molecule has 21 heavy (non-hydrogen) atoms. The van der Waals surface area contributed by atoms with Crippen LogP contribution in [0.5, 0.6) is 0 Å². The SMILES string of the molecule is CCOCCOC(C)C(=O)N(Cc1ccccn1)C(C)C. The number of amides is 1. The zero-order valence-electron chi connectivity index (χ0n) is 13.4. The van der Waals surface area contributed by atoms with Gasteiger partial charge in [-0.2, -0.15) is 0 Å². The minimum Gasteiger partial charge on any atom is -0.379 e. The average molecular weight is 294 g/mol. The minimum absolute atomic E-state index is 0.0212. The molecule has 0 saturated heterocycles. The van der Waals surface area contributed by atoms with E-state index in [1.54, 1.807) is 18.0 Å². The van der Waals surface area contributed by atoms with Gasteiger partial charge in [-0.05, 0) is 39.8 Å². The summed E-state index contributed by atoms with van der Waals surface area (Å²) in [5.41, 5.74) is 0.876. The zero-order valence-corrected chi connectivity index (χ0v) is 13.4. The summed E-state index contributed by atoms with van der Waals surface area (Å²) in [5, 5.41) is 0. The first-order chi connectivity index (χ1) is 10.1. The quantitative estimate of drug-likeness (QED) is 0.656. The highest BCUT2D eigenvalue weighted by Gasteiger charge is 2.23. The highest BCUT2D eigenvalue weighted by atomic mass is 16.5. The predicted octanol–water partition coefficient (Wildman–Crippen LogP) is 2.26. The van der Waals surface area contributed by atoms with Crippen LogP contribution in [-0.2, 0) is 20.8 Å². The molecule has 118 valence electrons. The van der Waals surface area contributed by atoms with Gasteiger partial charge in [0.2, 0.25) is 0 Å². The first kappa shape index (κ1) is 17.6. The Kier molecular flexibility index (Phi) is 7.93. The number of rotatable bonds is 9. The number of hydrogen-bond donors (Lipinski definition) is 0. The number of carbonyl (C=O) groups is 1. The number of aromatic nitrogens is 1. The number of nitrogens with zero attached hydrogens (tertiary/aromatic N) is 2. The van der Waals surface area contributed by atoms with Crippen molar-refractivity contribution in [3.05, 3.63) is 30.1 Å². The van der Waals surface area contributed by atoms with E-state index in [9.17, 15) is 4.79 Å². The molecule has 0 aromatic carbocycles. The van der Waals surface area contributed by atoms with E-state index in [0.29, 0.717) is 26.4 Å². The molecule has 5 nitrogen and oxygen atoms in total. The maximum Gasteiger partial charge on any atom is 0.251 e. The molecule has 1 atom stereocenters. The molecule has 1 heterocycles. The molecule has 1 rings (SSSR count). The van der Waals surface area contributed by atoms with Crippen molar-refractivity contribution >= 4 is 5.91 Å². The fourth-order valence-electron chi connectivity index (χ4n) is 1.91. The summed E-state index contributed by atoms with van der Waals surface area (Å²) in [6.07, 6.45) is 1.26. The van der Waals surface area contributed by atoms with Crippen molar-refractivity contribution in [3.63, 3.8) is 0 Å². The van der Waals surface area contributed by atoms with Crippen molar-refractivity contribution < 1.29 is 14.3 Å². The second-order valence-electron chi connectivity index (χ2n) is 5.09. The van der Waals surface area contributed by atoms with Gasteiger partial charge >= 0.3 is 0 Å². The number of hydrogen-bond acceptors (Lipinski definition) is 4. The summed E-state index contributed by atoms with van der Waals surface area (Å²) >= 11 is 0. The molecule has 0 saturated carbocycles. The van der Waals surface area contributed by atoms with Crippen LogP contribution in [0.3, 0.4) is 0 Å². The molecule has 1 unspecified atom stereocenters. The van der Waals surface area contributed by atoms with Gasteiger partial charge < -0.3 is 14.4 Å². The fourth-order valence-corrected chi connectivity index (χ4v) is 1.91. The molecule has 0 radical (unpaired) electrons. The Morgan fingerprint density at radius 1 is 1.29 bits per heavy atom. The Morgan fingerprint density at radius 3 is 2.62 bits per heavy atom. The third-order valence-electron chi connectivity index (χ3n) is 3.11. The molecule has 0 aliphatic rings. The van der Waals surface area contributed by atoms with Crippen LogP contribution in [0.2, 0.25) is 0 Å². The number of carbonyl (C=O) groups excluding carboxylic acids is 1. The summed E-state index contributed by atoms with van der Waals surface area (Å²) in [6, 6.07) is 5.80. The Bertz CT molecular complexity index is 409. The monoisotopic (exact) mass is 294 g/mol. The smallest absolute Gasteiger partial charge is 0.251 e. The van der Waals surface area contributed by atoms with Crippen LogP contribution in [0, 0.1) is 0 Å². The molecule has 1 aromatic heterocycles. The van der Waals surface area contributed by atoms with Crippen molar-refractivity contribution in [2.24, 2.45) is 0 Å². The maximum atomic E-state index is 12.5. The third kappa shape index (κ3) is 6.23. The van der Waals surface area contributed by atoms with Crippen LogP contribution in [-0.4, -0.2) is 47.8 Å². The van der Waals surface area contributed by atoms with Crippen LogP contribution in [0.25, 0.3) is 0 Å². The van der Waals surface area contributed by atoms with E-state index < -0.39 is 6.10 Å². The predicted molar refractivity (Wildman–Crippen MR) is 81.8 cm³/mol. The van der Waals surface area contributed by atoms with Gasteiger partial charge in [0.15, 0.2) is 0 Å². The van der Waals surface area contributed by atoms with Crippen molar-refractivity contribution in [3.8, 4) is 0 Å². The lowest BCUT2D eigenvalue weighted by Crippen LogP contribution is -2.43. The van der Waals surface area contributed by atoms with Gasteiger partial charge in [-0.3, -0.25) is 9.78 Å². The van der Waals surface area contributed by atoms with E-state index in [-0.39, 0.29) is 11.9 Å². The molecule has 1 aromatic rings. The molecule has 0 aliphatic heterocycles. The van der Waals surface area contributed by atoms with Crippen molar-refractivity contribution in [1.29, 1.82) is 0 Å². The number of pyridine rings is 1. The van der Waals surface area contributed by atoms with Crippen LogP contribution < -0.4 is 0 Å². The second-order valence-corrected chi connectivity index (χ2v) is 5.09. The van der Waals surface area contributed by atoms with E-state index in [1.807, 2.05) is 39.0 Å². The van der Waals surface area contributed by atoms with E-state index in [0.717, 1.165) is 5.69 Å². The van der Waals surface area contributed by atoms with Gasteiger partial charge in [-0.1, -0.05) is 6.07 Å². The van der Waals surface area contributed by atoms with E-state index in [4.69, 9.17) is 9.47 Å². The van der Waals surface area contributed by atoms with Gasteiger partial charge in [-0.15, -0.1) is 0 Å². The normalized spacial score (nSPS) is 12.4. The van der Waals surface area contributed by atoms with Gasteiger partial charge in [0.05, 0.1) is 25.5 Å². The van der Waals surface area contributed by atoms with Crippen LogP contribution in [0.4, 0.5) is 0 Å². The summed E-state index contributed by atoms with van der Waals surface area (Å²) in [6.45, 7) is 9.79. The largest absolute Gasteiger partial charge is 0.379 e. The maximum absolute atomic E-state index is 12.5. The van der Waals surface area contributed by atoms with Crippen LogP contribution >= 0.6 is 0 Å². The van der Waals surface area contributed by atoms with Gasteiger partial charge in [-0.25, -0.2) is 0 Å². The van der Waals surface area contributed by atoms with Crippen molar-refractivity contribution in [2.75, 3.05) is 19.8 Å². The van der Waals surface area contributed by atoms with E-state index >= 15 is 0 Å². The third-order valence-corrected chi connectivity index (χ3v) is 3.11. The summed E-state index contributed by atoms with van der Waals surface area (Å²) < 4.78 is 10.7. The van der Waals surface area contributed by atoms with E-state index in [2.05, 4.69) is 4.98 Å². The molecule has 5 heteroatoms. The zero-order chi connectivity index (χ0) is 15.7. The molecule has 0 aliphatic carbocycles. The van der Waals surface area contributed by atoms with Crippen LogP contribution in [0.15, 0.2) is 24.4 Å². The standard InChI is InChI=1S/C16H26N2O3/c1-5-20-10-11-21-14(4)16(19)18(13(2)3)12-15-8-6-7-9-17-15/h6-9,13-14H,5,10-12H2,1-4H3. The Balaban J connectivity index is 2.56. The number of ether oxygens (including phenoxy) is 2. The molecule has 0 N–H and O–H groups in total. The van der Waals surface area contributed by atoms with E-state index in [1.165, 1.54) is 0 Å². The lowest BCUT2D eigenvalue weighted by molar-refractivity contribution is -0.146. The highest BCUT2D eigenvalue weighted by molar-refractivity contribution is 5.80. The molecule has 0 fully saturated rings. The molecule has 0 bridgehead atoms. The Hall–Kier alpha value is -1.46.